The Morgan fingerprint density at radius 1 is 1.36 bits per heavy atom. The largest absolute Gasteiger partial charge is 0.294 e. The molecule has 1 aromatic rings. The first-order chi connectivity index (χ1) is 6.63. The van der Waals surface area contributed by atoms with Gasteiger partial charge in [0.2, 0.25) is 0 Å². The van der Waals surface area contributed by atoms with E-state index in [1.807, 2.05) is 25.1 Å². The highest BCUT2D eigenvalue weighted by Crippen LogP contribution is 2.11. The Morgan fingerprint density at radius 2 is 2.07 bits per heavy atom. The highest BCUT2D eigenvalue weighted by atomic mass is 16.1. The molecule has 0 atom stereocenters. The number of hydrogen-bond donors (Lipinski definition) is 0. The average molecular weight is 190 g/mol. The van der Waals surface area contributed by atoms with Gasteiger partial charge in [0.15, 0.2) is 5.78 Å². The number of rotatable bonds is 4. The molecule has 0 N–H and O–H groups in total. The molecule has 0 unspecified atom stereocenters. The van der Waals surface area contributed by atoms with Gasteiger partial charge in [-0.25, -0.2) is 0 Å². The number of carbonyl (C=O) groups excluding carboxylic acids is 1. The second-order valence-corrected chi connectivity index (χ2v) is 4.08. The molecule has 0 aromatic heterocycles. The van der Waals surface area contributed by atoms with Crippen LogP contribution in [0.2, 0.25) is 0 Å². The van der Waals surface area contributed by atoms with Crippen LogP contribution in [0.5, 0.6) is 0 Å². The number of carbonyl (C=O) groups is 1. The van der Waals surface area contributed by atoms with Crippen LogP contribution in [0, 0.1) is 5.92 Å². The van der Waals surface area contributed by atoms with E-state index in [0.717, 1.165) is 12.0 Å². The van der Waals surface area contributed by atoms with E-state index in [1.54, 1.807) is 0 Å². The molecule has 0 aliphatic rings. The molecule has 0 aliphatic carbocycles. The van der Waals surface area contributed by atoms with Crippen molar-refractivity contribution >= 4 is 5.78 Å². The molecule has 76 valence electrons. The van der Waals surface area contributed by atoms with Gasteiger partial charge in [-0.05, 0) is 24.0 Å². The summed E-state index contributed by atoms with van der Waals surface area (Å²) in [5.74, 6) is 0.873. The Hall–Kier alpha value is -1.11. The molecule has 1 rings (SSSR count). The van der Waals surface area contributed by atoms with Crippen molar-refractivity contribution < 1.29 is 4.79 Å². The summed E-state index contributed by atoms with van der Waals surface area (Å²) in [6, 6.07) is 7.98. The van der Waals surface area contributed by atoms with Crippen molar-refractivity contribution in [3.05, 3.63) is 35.4 Å². The van der Waals surface area contributed by atoms with E-state index in [1.165, 1.54) is 5.56 Å². The Bertz CT molecular complexity index is 313. The van der Waals surface area contributed by atoms with Crippen molar-refractivity contribution in [3.63, 3.8) is 0 Å². The van der Waals surface area contributed by atoms with E-state index in [9.17, 15) is 4.79 Å². The minimum Gasteiger partial charge on any atom is -0.294 e. The molecule has 0 aliphatic heterocycles. The van der Waals surface area contributed by atoms with Gasteiger partial charge in [0.1, 0.15) is 0 Å². The molecule has 14 heavy (non-hydrogen) atoms. The third-order valence-corrected chi connectivity index (χ3v) is 2.21. The Kier molecular flexibility index (Phi) is 3.87. The highest BCUT2D eigenvalue weighted by molar-refractivity contribution is 5.95. The summed E-state index contributed by atoms with van der Waals surface area (Å²) in [5, 5.41) is 0. The quantitative estimate of drug-likeness (QED) is 0.664. The van der Waals surface area contributed by atoms with Gasteiger partial charge in [-0.1, -0.05) is 39.0 Å². The van der Waals surface area contributed by atoms with Crippen molar-refractivity contribution in [3.8, 4) is 0 Å². The molecule has 1 nitrogen and oxygen atoms in total. The Morgan fingerprint density at radius 3 is 2.64 bits per heavy atom. The van der Waals surface area contributed by atoms with E-state index in [2.05, 4.69) is 19.9 Å². The first kappa shape index (κ1) is 11.0. The fourth-order valence-corrected chi connectivity index (χ4v) is 1.55. The minimum absolute atomic E-state index is 0.232. The van der Waals surface area contributed by atoms with E-state index in [4.69, 9.17) is 0 Å². The van der Waals surface area contributed by atoms with Gasteiger partial charge in [0, 0.05) is 12.0 Å². The van der Waals surface area contributed by atoms with Crippen LogP contribution < -0.4 is 0 Å². The van der Waals surface area contributed by atoms with Crippen molar-refractivity contribution in [2.75, 3.05) is 0 Å². The fraction of sp³-hybridized carbons (Fsp3) is 0.462. The van der Waals surface area contributed by atoms with E-state index in [0.29, 0.717) is 12.3 Å². The molecular formula is C13H18O. The molecule has 0 saturated heterocycles. The molecule has 1 aromatic carbocycles. The van der Waals surface area contributed by atoms with Gasteiger partial charge < -0.3 is 0 Å². The second kappa shape index (κ2) is 4.94. The number of hydrogen-bond acceptors (Lipinski definition) is 1. The molecule has 0 radical (unpaired) electrons. The Balaban J connectivity index is 2.84. The maximum Gasteiger partial charge on any atom is 0.162 e. The molecule has 0 amide bonds. The summed E-state index contributed by atoms with van der Waals surface area (Å²) < 4.78 is 0. The molecule has 0 spiro atoms. The minimum atomic E-state index is 0.232. The van der Waals surface area contributed by atoms with Crippen molar-refractivity contribution in [1.82, 2.24) is 0 Å². The number of benzene rings is 1. The van der Waals surface area contributed by atoms with Gasteiger partial charge in [-0.15, -0.1) is 0 Å². The molecule has 0 bridgehead atoms. The molecule has 0 fully saturated rings. The predicted molar refractivity (Wildman–Crippen MR) is 59.6 cm³/mol. The second-order valence-electron chi connectivity index (χ2n) is 4.08. The Labute approximate surface area is 86.1 Å². The normalized spacial score (nSPS) is 10.6. The predicted octanol–water partition coefficient (Wildman–Crippen LogP) is 3.48. The third-order valence-electron chi connectivity index (χ3n) is 2.21. The highest BCUT2D eigenvalue weighted by Gasteiger charge is 2.04. The number of ketones is 1. The zero-order valence-electron chi connectivity index (χ0n) is 9.21. The summed E-state index contributed by atoms with van der Waals surface area (Å²) in [6.45, 7) is 6.28. The maximum absolute atomic E-state index is 11.5. The lowest BCUT2D eigenvalue weighted by Gasteiger charge is -2.06. The van der Waals surface area contributed by atoms with E-state index >= 15 is 0 Å². The van der Waals surface area contributed by atoms with Crippen molar-refractivity contribution in [1.29, 1.82) is 0 Å². The van der Waals surface area contributed by atoms with Crippen LogP contribution in [0.15, 0.2) is 24.3 Å². The topological polar surface area (TPSA) is 17.1 Å². The zero-order valence-corrected chi connectivity index (χ0v) is 9.21. The molecular weight excluding hydrogens is 172 g/mol. The first-order valence-electron chi connectivity index (χ1n) is 5.25. The van der Waals surface area contributed by atoms with Crippen LogP contribution in [-0.2, 0) is 6.42 Å². The lowest BCUT2D eigenvalue weighted by Crippen LogP contribution is -1.99. The van der Waals surface area contributed by atoms with Crippen LogP contribution in [0.1, 0.15) is 43.1 Å². The zero-order chi connectivity index (χ0) is 10.6. The van der Waals surface area contributed by atoms with Crippen LogP contribution in [0.25, 0.3) is 0 Å². The molecule has 0 heterocycles. The van der Waals surface area contributed by atoms with E-state index < -0.39 is 0 Å². The van der Waals surface area contributed by atoms with Crippen molar-refractivity contribution in [2.45, 2.75) is 33.6 Å². The summed E-state index contributed by atoms with van der Waals surface area (Å²) >= 11 is 0. The van der Waals surface area contributed by atoms with Gasteiger partial charge in [0.05, 0.1) is 0 Å². The first-order valence-corrected chi connectivity index (χ1v) is 5.25. The smallest absolute Gasteiger partial charge is 0.162 e. The number of Topliss-reactive ketones (excluding diaryl/α,β-unsaturated/α-hetero) is 1. The van der Waals surface area contributed by atoms with Gasteiger partial charge >= 0.3 is 0 Å². The standard InChI is InChI=1S/C13H18O/c1-4-13(14)12-7-5-6-11(9-12)8-10(2)3/h5-7,9-10H,4,8H2,1-3H3. The van der Waals surface area contributed by atoms with Gasteiger partial charge in [-0.2, -0.15) is 0 Å². The summed E-state index contributed by atoms with van der Waals surface area (Å²) in [4.78, 5) is 11.5. The third kappa shape index (κ3) is 2.99. The lowest BCUT2D eigenvalue weighted by molar-refractivity contribution is 0.0988. The van der Waals surface area contributed by atoms with Crippen molar-refractivity contribution in [2.24, 2.45) is 5.92 Å². The van der Waals surface area contributed by atoms with Gasteiger partial charge in [0.25, 0.3) is 0 Å². The van der Waals surface area contributed by atoms with Crippen LogP contribution >= 0.6 is 0 Å². The molecule has 1 heteroatoms. The van der Waals surface area contributed by atoms with Crippen LogP contribution in [-0.4, -0.2) is 5.78 Å². The maximum atomic E-state index is 11.5. The van der Waals surface area contributed by atoms with Crippen LogP contribution in [0.4, 0.5) is 0 Å². The molecule has 0 saturated carbocycles. The van der Waals surface area contributed by atoms with E-state index in [-0.39, 0.29) is 5.78 Å². The fourth-order valence-electron chi connectivity index (χ4n) is 1.55. The average Bonchev–Trinajstić information content (AvgIpc) is 2.16. The summed E-state index contributed by atoms with van der Waals surface area (Å²) in [5.41, 5.74) is 2.12. The summed E-state index contributed by atoms with van der Waals surface area (Å²) in [6.07, 6.45) is 1.63. The summed E-state index contributed by atoms with van der Waals surface area (Å²) in [7, 11) is 0. The van der Waals surface area contributed by atoms with Gasteiger partial charge in [-0.3, -0.25) is 4.79 Å². The SMILES string of the molecule is CCC(=O)c1cccc(CC(C)C)c1. The monoisotopic (exact) mass is 190 g/mol. The van der Waals surface area contributed by atoms with Crippen LogP contribution in [0.3, 0.4) is 0 Å². The lowest BCUT2D eigenvalue weighted by atomic mass is 9.99.